The van der Waals surface area contributed by atoms with Crippen LogP contribution >= 0.6 is 0 Å². The third kappa shape index (κ3) is 3.07. The first-order valence-electron chi connectivity index (χ1n) is 8.10. The number of aromatic nitrogens is 3. The van der Waals surface area contributed by atoms with Crippen LogP contribution in [0.2, 0.25) is 0 Å². The summed E-state index contributed by atoms with van der Waals surface area (Å²) in [5.74, 6) is 0.766. The highest BCUT2D eigenvalue weighted by Gasteiger charge is 2.13. The predicted octanol–water partition coefficient (Wildman–Crippen LogP) is 2.48. The predicted molar refractivity (Wildman–Crippen MR) is 94.9 cm³/mol. The minimum atomic E-state index is -0.890. The number of rotatable bonds is 5. The summed E-state index contributed by atoms with van der Waals surface area (Å²) in [5, 5.41) is 12.6. The molecule has 1 amide bonds. The molecule has 1 aromatic carbocycles. The number of fused-ring (bicyclic) bond motifs is 1. The van der Waals surface area contributed by atoms with Crippen LogP contribution in [0.3, 0.4) is 0 Å². The summed E-state index contributed by atoms with van der Waals surface area (Å²) in [4.78, 5) is 20.9. The van der Waals surface area contributed by atoms with Gasteiger partial charge in [0.15, 0.2) is 0 Å². The molecule has 26 heavy (non-hydrogen) atoms. The Kier molecular flexibility index (Phi) is 4.20. The maximum absolute atomic E-state index is 12.2. The number of carbonyl (C=O) groups excluding carboxylic acids is 1. The van der Waals surface area contributed by atoms with Gasteiger partial charge in [0.2, 0.25) is 0 Å². The maximum Gasteiger partial charge on any atom is 0.252 e. The van der Waals surface area contributed by atoms with Gasteiger partial charge in [-0.25, -0.2) is 9.97 Å². The van der Waals surface area contributed by atoms with Crippen molar-refractivity contribution >= 4 is 16.9 Å². The second kappa shape index (κ2) is 6.81. The first-order chi connectivity index (χ1) is 12.7. The highest BCUT2D eigenvalue weighted by molar-refractivity contribution is 5.94. The fourth-order valence-electron chi connectivity index (χ4n) is 2.68. The van der Waals surface area contributed by atoms with Gasteiger partial charge in [-0.15, -0.1) is 0 Å². The molecule has 7 nitrogen and oxygen atoms in total. The molecule has 0 saturated carbocycles. The van der Waals surface area contributed by atoms with Crippen molar-refractivity contribution < 1.29 is 14.3 Å². The lowest BCUT2D eigenvalue weighted by molar-refractivity contribution is 0.0900. The van der Waals surface area contributed by atoms with Gasteiger partial charge in [-0.3, -0.25) is 9.36 Å². The Morgan fingerprint density at radius 3 is 2.81 bits per heavy atom. The zero-order chi connectivity index (χ0) is 17.9. The van der Waals surface area contributed by atoms with Gasteiger partial charge in [-0.1, -0.05) is 12.1 Å². The van der Waals surface area contributed by atoms with E-state index in [-0.39, 0.29) is 12.5 Å². The number of aliphatic hydroxyl groups is 1. The summed E-state index contributed by atoms with van der Waals surface area (Å²) in [6, 6.07) is 14.5. The van der Waals surface area contributed by atoms with E-state index in [4.69, 9.17) is 4.42 Å². The number of para-hydroxylation sites is 2. The lowest BCUT2D eigenvalue weighted by Crippen LogP contribution is -2.28. The number of nitrogens with zero attached hydrogens (tertiary/aromatic N) is 3. The number of benzene rings is 1. The van der Waals surface area contributed by atoms with E-state index in [0.717, 1.165) is 11.0 Å². The van der Waals surface area contributed by atoms with Crippen molar-refractivity contribution in [2.45, 2.75) is 6.10 Å². The van der Waals surface area contributed by atoms with Gasteiger partial charge in [0.05, 0.1) is 29.4 Å². The molecule has 1 unspecified atom stereocenters. The van der Waals surface area contributed by atoms with Gasteiger partial charge in [0.25, 0.3) is 5.91 Å². The van der Waals surface area contributed by atoms with Crippen molar-refractivity contribution in [1.82, 2.24) is 19.9 Å². The van der Waals surface area contributed by atoms with Gasteiger partial charge in [-0.05, 0) is 36.4 Å². The molecule has 7 heteroatoms. The summed E-state index contributed by atoms with van der Waals surface area (Å²) in [6.45, 7) is 0.0558. The Morgan fingerprint density at radius 1 is 1.15 bits per heavy atom. The van der Waals surface area contributed by atoms with Crippen LogP contribution in [0.15, 0.2) is 71.7 Å². The Morgan fingerprint density at radius 2 is 2.04 bits per heavy atom. The van der Waals surface area contributed by atoms with Crippen LogP contribution in [0.1, 0.15) is 22.2 Å². The van der Waals surface area contributed by atoms with E-state index in [1.54, 1.807) is 30.6 Å². The van der Waals surface area contributed by atoms with Crippen molar-refractivity contribution in [2.75, 3.05) is 6.54 Å². The molecule has 3 heterocycles. The third-order valence-electron chi connectivity index (χ3n) is 4.04. The van der Waals surface area contributed by atoms with Gasteiger partial charge in [-0.2, -0.15) is 0 Å². The van der Waals surface area contributed by atoms with Crippen molar-refractivity contribution in [1.29, 1.82) is 0 Å². The van der Waals surface area contributed by atoms with Crippen LogP contribution in [0.4, 0.5) is 0 Å². The lowest BCUT2D eigenvalue weighted by Gasteiger charge is -2.10. The van der Waals surface area contributed by atoms with E-state index in [2.05, 4.69) is 15.3 Å². The number of pyridine rings is 1. The van der Waals surface area contributed by atoms with E-state index in [9.17, 15) is 9.90 Å². The molecule has 0 radical (unpaired) electrons. The zero-order valence-electron chi connectivity index (χ0n) is 13.7. The number of furan rings is 1. The van der Waals surface area contributed by atoms with Gasteiger partial charge >= 0.3 is 0 Å². The van der Waals surface area contributed by atoms with E-state index in [1.807, 2.05) is 28.8 Å². The normalized spacial score (nSPS) is 12.2. The smallest absolute Gasteiger partial charge is 0.252 e. The summed E-state index contributed by atoms with van der Waals surface area (Å²) in [7, 11) is 0. The fourth-order valence-corrected chi connectivity index (χ4v) is 2.68. The molecule has 1 atom stereocenters. The molecule has 0 fully saturated rings. The van der Waals surface area contributed by atoms with Crippen LogP contribution in [-0.2, 0) is 0 Å². The number of imidazole rings is 1. The number of nitrogens with one attached hydrogen (secondary N) is 1. The molecule has 0 aliphatic rings. The van der Waals surface area contributed by atoms with Crippen molar-refractivity contribution in [3.05, 3.63) is 78.6 Å². The van der Waals surface area contributed by atoms with E-state index in [0.29, 0.717) is 17.1 Å². The molecule has 4 aromatic rings. The molecule has 0 aliphatic carbocycles. The number of amides is 1. The highest BCUT2D eigenvalue weighted by Crippen LogP contribution is 2.16. The first kappa shape index (κ1) is 16.0. The molecule has 3 aromatic heterocycles. The highest BCUT2D eigenvalue weighted by atomic mass is 16.4. The summed E-state index contributed by atoms with van der Waals surface area (Å²) >= 11 is 0. The van der Waals surface area contributed by atoms with E-state index >= 15 is 0 Å². The van der Waals surface area contributed by atoms with Crippen molar-refractivity contribution in [2.24, 2.45) is 0 Å². The van der Waals surface area contributed by atoms with Crippen LogP contribution in [0, 0.1) is 0 Å². The second-order valence-electron chi connectivity index (χ2n) is 5.75. The van der Waals surface area contributed by atoms with Gasteiger partial charge in [0, 0.05) is 6.20 Å². The number of carbonyl (C=O) groups is 1. The average molecular weight is 348 g/mol. The van der Waals surface area contributed by atoms with Gasteiger partial charge in [0.1, 0.15) is 24.0 Å². The topological polar surface area (TPSA) is 93.2 Å². The van der Waals surface area contributed by atoms with Gasteiger partial charge < -0.3 is 14.8 Å². The second-order valence-corrected chi connectivity index (χ2v) is 5.75. The van der Waals surface area contributed by atoms with Crippen LogP contribution < -0.4 is 5.32 Å². The minimum Gasteiger partial charge on any atom is -0.467 e. The van der Waals surface area contributed by atoms with E-state index in [1.165, 1.54) is 12.5 Å². The quantitative estimate of drug-likeness (QED) is 0.578. The molecular formula is C19H16N4O3. The monoisotopic (exact) mass is 348 g/mol. The van der Waals surface area contributed by atoms with Crippen molar-refractivity contribution in [3.8, 4) is 5.82 Å². The molecule has 0 saturated heterocycles. The standard InChI is InChI=1S/C19H16N4O3/c24-16(17-6-3-9-26-17)11-21-19(25)13-7-8-18(20-10-13)23-12-22-14-4-1-2-5-15(14)23/h1-10,12,16,24H,11H2,(H,21,25). The number of hydrogen-bond donors (Lipinski definition) is 2. The first-order valence-corrected chi connectivity index (χ1v) is 8.10. The lowest BCUT2D eigenvalue weighted by atomic mass is 10.2. The molecule has 0 aliphatic heterocycles. The Balaban J connectivity index is 1.46. The molecule has 0 bridgehead atoms. The number of hydrogen-bond acceptors (Lipinski definition) is 5. The molecule has 2 N–H and O–H groups in total. The Labute approximate surface area is 148 Å². The fraction of sp³-hybridized carbons (Fsp3) is 0.105. The SMILES string of the molecule is O=C(NCC(O)c1ccco1)c1ccc(-n2cnc3ccccc32)nc1. The van der Waals surface area contributed by atoms with Crippen LogP contribution in [0.25, 0.3) is 16.9 Å². The number of aliphatic hydroxyl groups excluding tert-OH is 1. The van der Waals surface area contributed by atoms with Crippen LogP contribution in [-0.4, -0.2) is 32.1 Å². The summed E-state index contributed by atoms with van der Waals surface area (Å²) < 4.78 is 6.96. The third-order valence-corrected chi connectivity index (χ3v) is 4.04. The Bertz CT molecular complexity index is 1020. The summed E-state index contributed by atoms with van der Waals surface area (Å²) in [6.07, 6.45) is 3.78. The van der Waals surface area contributed by atoms with Crippen LogP contribution in [0.5, 0.6) is 0 Å². The minimum absolute atomic E-state index is 0.0558. The van der Waals surface area contributed by atoms with Crippen molar-refractivity contribution in [3.63, 3.8) is 0 Å². The molecular weight excluding hydrogens is 332 g/mol. The largest absolute Gasteiger partial charge is 0.467 e. The molecule has 0 spiro atoms. The zero-order valence-corrected chi connectivity index (χ0v) is 13.7. The molecule has 130 valence electrons. The summed E-state index contributed by atoms with van der Waals surface area (Å²) in [5.41, 5.74) is 2.23. The molecule has 4 rings (SSSR count). The average Bonchev–Trinajstić information content (AvgIpc) is 3.36. The van der Waals surface area contributed by atoms with E-state index < -0.39 is 6.10 Å². The maximum atomic E-state index is 12.2. The Hall–Kier alpha value is -3.45.